The fourth-order valence-electron chi connectivity index (χ4n) is 2.55. The summed E-state index contributed by atoms with van der Waals surface area (Å²) in [6.07, 6.45) is 2.55. The quantitative estimate of drug-likeness (QED) is 0.726. The number of carbonyl (C=O) groups is 2. The number of halogens is 1. The Bertz CT molecular complexity index is 536. The van der Waals surface area contributed by atoms with Gasteiger partial charge in [0.2, 0.25) is 5.91 Å². The Hall–Kier alpha value is -1.75. The molecule has 1 aliphatic heterocycles. The highest BCUT2D eigenvalue weighted by Crippen LogP contribution is 2.13. The van der Waals surface area contributed by atoms with Crippen molar-refractivity contribution in [2.75, 3.05) is 13.1 Å². The van der Waals surface area contributed by atoms with Crippen molar-refractivity contribution in [1.29, 1.82) is 0 Å². The van der Waals surface area contributed by atoms with Crippen molar-refractivity contribution >= 4 is 23.5 Å². The first-order chi connectivity index (χ1) is 10.6. The molecular weight excluding hydrogens is 302 g/mol. The van der Waals surface area contributed by atoms with Gasteiger partial charge in [0.25, 0.3) is 0 Å². The molecule has 0 aromatic heterocycles. The summed E-state index contributed by atoms with van der Waals surface area (Å²) in [5.74, 6) is 0.0544. The smallest absolute Gasteiger partial charge is 0.315 e. The highest BCUT2D eigenvalue weighted by atomic mass is 35.5. The molecule has 0 spiro atoms. The Labute approximate surface area is 135 Å². The Morgan fingerprint density at radius 2 is 2.27 bits per heavy atom. The van der Waals surface area contributed by atoms with Crippen molar-refractivity contribution in [2.45, 2.75) is 32.2 Å². The highest BCUT2D eigenvalue weighted by Gasteiger charge is 2.29. The predicted octanol–water partition coefficient (Wildman–Crippen LogP) is 2.10. The molecule has 2 atom stereocenters. The van der Waals surface area contributed by atoms with Crippen LogP contribution in [0, 0.1) is 5.92 Å². The number of piperidine rings is 1. The molecule has 0 saturated carbocycles. The van der Waals surface area contributed by atoms with E-state index in [9.17, 15) is 9.59 Å². The molecule has 3 amide bonds. The Balaban J connectivity index is 1.68. The Morgan fingerprint density at radius 3 is 3.00 bits per heavy atom. The maximum absolute atomic E-state index is 11.8. The number of hydrogen-bond acceptors (Lipinski definition) is 2. The van der Waals surface area contributed by atoms with Crippen LogP contribution < -0.4 is 16.0 Å². The summed E-state index contributed by atoms with van der Waals surface area (Å²) in [5.41, 5.74) is 1.15. The van der Waals surface area contributed by atoms with E-state index in [4.69, 9.17) is 11.6 Å². The van der Waals surface area contributed by atoms with Crippen LogP contribution in [0.3, 0.4) is 0 Å². The second-order valence-corrected chi connectivity index (χ2v) is 6.10. The minimum absolute atomic E-state index is 0.104. The summed E-state index contributed by atoms with van der Waals surface area (Å²) >= 11 is 5.93. The largest absolute Gasteiger partial charge is 0.354 e. The molecule has 0 bridgehead atoms. The molecule has 2 unspecified atom stereocenters. The number of rotatable bonds is 5. The van der Waals surface area contributed by atoms with Crippen molar-refractivity contribution in [3.05, 3.63) is 34.9 Å². The molecule has 1 aromatic carbocycles. The van der Waals surface area contributed by atoms with E-state index in [1.807, 2.05) is 31.2 Å². The predicted molar refractivity (Wildman–Crippen MR) is 86.9 cm³/mol. The van der Waals surface area contributed by atoms with E-state index >= 15 is 0 Å². The number of urea groups is 1. The monoisotopic (exact) mass is 323 g/mol. The zero-order chi connectivity index (χ0) is 15.9. The molecule has 1 aromatic rings. The van der Waals surface area contributed by atoms with E-state index in [-0.39, 0.29) is 17.9 Å². The van der Waals surface area contributed by atoms with Crippen molar-refractivity contribution in [1.82, 2.24) is 16.0 Å². The van der Waals surface area contributed by atoms with Crippen molar-refractivity contribution < 1.29 is 9.59 Å². The molecule has 1 heterocycles. The fourth-order valence-corrected chi connectivity index (χ4v) is 2.76. The summed E-state index contributed by atoms with van der Waals surface area (Å²) in [6, 6.07) is 6.96. The highest BCUT2D eigenvalue weighted by molar-refractivity contribution is 6.30. The maximum atomic E-state index is 11.8. The summed E-state index contributed by atoms with van der Waals surface area (Å²) in [7, 11) is 0. The van der Waals surface area contributed by atoms with E-state index in [1.165, 1.54) is 0 Å². The molecule has 0 aliphatic carbocycles. The van der Waals surface area contributed by atoms with Gasteiger partial charge in [-0.2, -0.15) is 0 Å². The van der Waals surface area contributed by atoms with Gasteiger partial charge < -0.3 is 16.0 Å². The van der Waals surface area contributed by atoms with Crippen LogP contribution in [0.5, 0.6) is 0 Å². The number of aryl methyl sites for hydroxylation is 1. The lowest BCUT2D eigenvalue weighted by molar-refractivity contribution is -0.125. The van der Waals surface area contributed by atoms with Gasteiger partial charge in [-0.25, -0.2) is 4.79 Å². The molecule has 22 heavy (non-hydrogen) atoms. The molecule has 0 radical (unpaired) electrons. The van der Waals surface area contributed by atoms with Crippen LogP contribution in [-0.2, 0) is 11.2 Å². The van der Waals surface area contributed by atoms with Gasteiger partial charge in [-0.05, 0) is 42.9 Å². The molecule has 3 N–H and O–H groups in total. The topological polar surface area (TPSA) is 70.2 Å². The summed E-state index contributed by atoms with van der Waals surface area (Å²) in [4.78, 5) is 23.6. The molecule has 6 heteroatoms. The average molecular weight is 324 g/mol. The third-order valence-corrected chi connectivity index (χ3v) is 4.09. The second-order valence-electron chi connectivity index (χ2n) is 5.67. The van der Waals surface area contributed by atoms with E-state index < -0.39 is 6.04 Å². The van der Waals surface area contributed by atoms with E-state index in [2.05, 4.69) is 16.0 Å². The zero-order valence-corrected chi connectivity index (χ0v) is 13.5. The fraction of sp³-hybridized carbons (Fsp3) is 0.500. The van der Waals surface area contributed by atoms with Gasteiger partial charge in [-0.3, -0.25) is 4.79 Å². The lowest BCUT2D eigenvalue weighted by Gasteiger charge is -2.28. The van der Waals surface area contributed by atoms with Gasteiger partial charge in [0.15, 0.2) is 0 Å². The van der Waals surface area contributed by atoms with Crippen LogP contribution in [0.15, 0.2) is 24.3 Å². The van der Waals surface area contributed by atoms with Crippen molar-refractivity contribution in [2.24, 2.45) is 5.92 Å². The molecule has 5 nitrogen and oxygen atoms in total. The van der Waals surface area contributed by atoms with Gasteiger partial charge in [-0.15, -0.1) is 0 Å². The average Bonchev–Trinajstić information content (AvgIpc) is 2.48. The van der Waals surface area contributed by atoms with Crippen LogP contribution in [0.25, 0.3) is 0 Å². The lowest BCUT2D eigenvalue weighted by atomic mass is 9.94. The van der Waals surface area contributed by atoms with Gasteiger partial charge in [0.1, 0.15) is 6.04 Å². The summed E-state index contributed by atoms with van der Waals surface area (Å²) < 4.78 is 0. The van der Waals surface area contributed by atoms with Crippen LogP contribution >= 0.6 is 11.6 Å². The van der Waals surface area contributed by atoms with Gasteiger partial charge in [-0.1, -0.05) is 30.7 Å². The lowest BCUT2D eigenvalue weighted by Crippen LogP contribution is -2.56. The van der Waals surface area contributed by atoms with E-state index in [0.717, 1.165) is 29.8 Å². The zero-order valence-electron chi connectivity index (χ0n) is 12.7. The summed E-state index contributed by atoms with van der Waals surface area (Å²) in [5, 5.41) is 9.03. The van der Waals surface area contributed by atoms with E-state index in [0.29, 0.717) is 13.1 Å². The number of nitrogens with one attached hydrogen (secondary N) is 3. The Morgan fingerprint density at radius 1 is 1.45 bits per heavy atom. The third kappa shape index (κ3) is 4.91. The number of hydrogen-bond donors (Lipinski definition) is 3. The third-order valence-electron chi connectivity index (χ3n) is 3.85. The maximum Gasteiger partial charge on any atom is 0.315 e. The van der Waals surface area contributed by atoms with Gasteiger partial charge in [0, 0.05) is 18.1 Å². The van der Waals surface area contributed by atoms with Crippen LogP contribution in [0.1, 0.15) is 25.3 Å². The minimum Gasteiger partial charge on any atom is -0.354 e. The van der Waals surface area contributed by atoms with Crippen molar-refractivity contribution in [3.8, 4) is 0 Å². The van der Waals surface area contributed by atoms with E-state index in [1.54, 1.807) is 0 Å². The molecule has 120 valence electrons. The van der Waals surface area contributed by atoms with Gasteiger partial charge >= 0.3 is 6.03 Å². The molecule has 2 rings (SSSR count). The first-order valence-corrected chi connectivity index (χ1v) is 8.00. The van der Waals surface area contributed by atoms with Crippen LogP contribution in [0.2, 0.25) is 5.02 Å². The first-order valence-electron chi connectivity index (χ1n) is 7.63. The molecular formula is C16H22ClN3O2. The standard InChI is InChI=1S/C16H22ClN3O2/c1-11-7-9-18-15(21)14(11)20-16(22)19-8-3-5-12-4-2-6-13(17)10-12/h2,4,6,10-11,14H,3,5,7-9H2,1H3,(H,18,21)(H2,19,20,22). The number of benzene rings is 1. The number of amides is 3. The van der Waals surface area contributed by atoms with Crippen molar-refractivity contribution in [3.63, 3.8) is 0 Å². The molecule has 1 aliphatic rings. The SMILES string of the molecule is CC1CCNC(=O)C1NC(=O)NCCCc1cccc(Cl)c1. The first kappa shape index (κ1) is 16.6. The van der Waals surface area contributed by atoms with Crippen LogP contribution in [0.4, 0.5) is 4.79 Å². The van der Waals surface area contributed by atoms with Crippen LogP contribution in [-0.4, -0.2) is 31.1 Å². The molecule has 1 fully saturated rings. The minimum atomic E-state index is -0.443. The number of carbonyl (C=O) groups excluding carboxylic acids is 2. The second kappa shape index (κ2) is 8.03. The normalized spacial score (nSPS) is 21.1. The molecule has 1 saturated heterocycles. The Kier molecular flexibility index (Phi) is 6.07. The van der Waals surface area contributed by atoms with Gasteiger partial charge in [0.05, 0.1) is 0 Å². The summed E-state index contributed by atoms with van der Waals surface area (Å²) in [6.45, 7) is 3.21.